The zero-order valence-corrected chi connectivity index (χ0v) is 14.0. The van der Waals surface area contributed by atoms with Crippen molar-refractivity contribution in [3.8, 4) is 0 Å². The Kier molecular flexibility index (Phi) is 5.11. The third kappa shape index (κ3) is 3.67. The molecule has 1 unspecified atom stereocenters. The first-order chi connectivity index (χ1) is 10.6. The van der Waals surface area contributed by atoms with Crippen LogP contribution in [0.15, 0.2) is 18.2 Å². The highest BCUT2D eigenvalue weighted by Gasteiger charge is 2.30. The maximum atomic E-state index is 12.4. The lowest BCUT2D eigenvalue weighted by Crippen LogP contribution is -2.44. The zero-order valence-electron chi connectivity index (χ0n) is 12.4. The average Bonchev–Trinajstić information content (AvgIpc) is 3.05. The van der Waals surface area contributed by atoms with Gasteiger partial charge in [0.15, 0.2) is 0 Å². The van der Waals surface area contributed by atoms with Crippen LogP contribution in [0.1, 0.15) is 25.7 Å². The molecular formula is C16H21Cl2N3O. The van der Waals surface area contributed by atoms with Gasteiger partial charge in [0.1, 0.15) is 0 Å². The molecule has 4 nitrogen and oxygen atoms in total. The third-order valence-corrected chi connectivity index (χ3v) is 5.23. The minimum Gasteiger partial charge on any atom is -0.325 e. The lowest BCUT2D eigenvalue weighted by atomic mass is 9.89. The Bertz CT molecular complexity index is 538. The molecule has 120 valence electrons. The number of urea groups is 1. The number of nitrogens with one attached hydrogen (secondary N) is 2. The highest BCUT2D eigenvalue weighted by Crippen LogP contribution is 2.28. The molecule has 0 aromatic heterocycles. The van der Waals surface area contributed by atoms with Crippen molar-refractivity contribution in [3.05, 3.63) is 28.2 Å². The van der Waals surface area contributed by atoms with Gasteiger partial charge in [-0.15, -0.1) is 0 Å². The highest BCUT2D eigenvalue weighted by molar-refractivity contribution is 6.35. The number of benzene rings is 1. The first kappa shape index (κ1) is 15.9. The van der Waals surface area contributed by atoms with E-state index in [-0.39, 0.29) is 6.03 Å². The summed E-state index contributed by atoms with van der Waals surface area (Å²) >= 11 is 12.0. The first-order valence-corrected chi connectivity index (χ1v) is 8.63. The largest absolute Gasteiger partial charge is 0.325 e. The molecule has 6 heteroatoms. The van der Waals surface area contributed by atoms with Gasteiger partial charge in [-0.1, -0.05) is 23.2 Å². The van der Waals surface area contributed by atoms with E-state index in [0.717, 1.165) is 32.5 Å². The molecule has 0 saturated carbocycles. The topological polar surface area (TPSA) is 44.4 Å². The van der Waals surface area contributed by atoms with Crippen LogP contribution >= 0.6 is 23.2 Å². The predicted octanol–water partition coefficient (Wildman–Crippen LogP) is 3.99. The van der Waals surface area contributed by atoms with E-state index in [1.54, 1.807) is 18.2 Å². The molecule has 1 aromatic rings. The second kappa shape index (κ2) is 7.07. The van der Waals surface area contributed by atoms with Crippen molar-refractivity contribution in [3.63, 3.8) is 0 Å². The maximum Gasteiger partial charge on any atom is 0.321 e. The number of amides is 2. The number of likely N-dealkylation sites (tertiary alicyclic amines) is 1. The van der Waals surface area contributed by atoms with Crippen LogP contribution in [0, 0.1) is 5.92 Å². The summed E-state index contributed by atoms with van der Waals surface area (Å²) in [7, 11) is 0. The summed E-state index contributed by atoms with van der Waals surface area (Å²) in [6.07, 6.45) is 4.68. The Morgan fingerprint density at radius 1 is 1.23 bits per heavy atom. The Labute approximate surface area is 141 Å². The van der Waals surface area contributed by atoms with E-state index < -0.39 is 0 Å². The Balaban J connectivity index is 1.54. The summed E-state index contributed by atoms with van der Waals surface area (Å²) in [5, 5.41) is 7.50. The predicted molar refractivity (Wildman–Crippen MR) is 90.8 cm³/mol. The lowest BCUT2D eigenvalue weighted by molar-refractivity contribution is 0.170. The van der Waals surface area contributed by atoms with Crippen molar-refractivity contribution < 1.29 is 4.79 Å². The van der Waals surface area contributed by atoms with Crippen molar-refractivity contribution in [2.45, 2.75) is 31.7 Å². The molecule has 1 aromatic carbocycles. The minimum atomic E-state index is -0.0954. The van der Waals surface area contributed by atoms with Gasteiger partial charge in [-0.3, -0.25) is 0 Å². The summed E-state index contributed by atoms with van der Waals surface area (Å²) in [5.41, 5.74) is 0.568. The highest BCUT2D eigenvalue weighted by atomic mass is 35.5. The molecule has 0 aliphatic carbocycles. The molecule has 0 bridgehead atoms. The van der Waals surface area contributed by atoms with Crippen LogP contribution in [-0.4, -0.2) is 36.6 Å². The molecule has 2 aliphatic rings. The van der Waals surface area contributed by atoms with Crippen LogP contribution < -0.4 is 10.6 Å². The summed E-state index contributed by atoms with van der Waals surface area (Å²) < 4.78 is 0. The lowest BCUT2D eigenvalue weighted by Gasteiger charge is -2.34. The van der Waals surface area contributed by atoms with E-state index in [1.165, 1.54) is 12.8 Å². The average molecular weight is 342 g/mol. The SMILES string of the molecule is O=C(Nc1cc(Cl)ccc1Cl)N1CCC(C2CCCN2)CC1. The van der Waals surface area contributed by atoms with Gasteiger partial charge in [0.05, 0.1) is 10.7 Å². The zero-order chi connectivity index (χ0) is 15.5. The number of carbonyl (C=O) groups excluding carboxylic acids is 1. The fraction of sp³-hybridized carbons (Fsp3) is 0.562. The second-order valence-corrected chi connectivity index (χ2v) is 6.93. The number of anilines is 1. The van der Waals surface area contributed by atoms with Crippen molar-refractivity contribution in [1.82, 2.24) is 10.2 Å². The van der Waals surface area contributed by atoms with Crippen LogP contribution in [0.25, 0.3) is 0 Å². The van der Waals surface area contributed by atoms with Crippen molar-refractivity contribution in [1.29, 1.82) is 0 Å². The van der Waals surface area contributed by atoms with Gasteiger partial charge in [-0.25, -0.2) is 4.79 Å². The number of rotatable bonds is 2. The first-order valence-electron chi connectivity index (χ1n) is 7.88. The van der Waals surface area contributed by atoms with E-state index in [2.05, 4.69) is 10.6 Å². The van der Waals surface area contributed by atoms with Gasteiger partial charge < -0.3 is 15.5 Å². The van der Waals surface area contributed by atoms with Gasteiger partial charge in [0.2, 0.25) is 0 Å². The van der Waals surface area contributed by atoms with Crippen molar-refractivity contribution >= 4 is 34.9 Å². The minimum absolute atomic E-state index is 0.0954. The quantitative estimate of drug-likeness (QED) is 0.854. The van der Waals surface area contributed by atoms with E-state index in [4.69, 9.17) is 23.2 Å². The Morgan fingerprint density at radius 3 is 2.68 bits per heavy atom. The normalized spacial score (nSPS) is 22.8. The number of nitrogens with zero attached hydrogens (tertiary/aromatic N) is 1. The molecule has 2 amide bonds. The van der Waals surface area contributed by atoms with E-state index in [1.807, 2.05) is 4.90 Å². The molecule has 1 atom stereocenters. The molecule has 2 saturated heterocycles. The Morgan fingerprint density at radius 2 is 2.00 bits per heavy atom. The smallest absolute Gasteiger partial charge is 0.321 e. The third-order valence-electron chi connectivity index (χ3n) is 4.66. The molecular weight excluding hydrogens is 321 g/mol. The van der Waals surface area contributed by atoms with Crippen LogP contribution in [0.2, 0.25) is 10.0 Å². The Hall–Kier alpha value is -0.970. The van der Waals surface area contributed by atoms with E-state index in [9.17, 15) is 4.79 Å². The van der Waals surface area contributed by atoms with Crippen LogP contribution in [0.3, 0.4) is 0 Å². The van der Waals surface area contributed by atoms with E-state index >= 15 is 0 Å². The molecule has 2 fully saturated rings. The number of piperidine rings is 1. The van der Waals surface area contributed by atoms with E-state index in [0.29, 0.717) is 27.7 Å². The monoisotopic (exact) mass is 341 g/mol. The fourth-order valence-corrected chi connectivity index (χ4v) is 3.74. The molecule has 3 rings (SSSR count). The van der Waals surface area contributed by atoms with Gasteiger partial charge >= 0.3 is 6.03 Å². The van der Waals surface area contributed by atoms with Crippen LogP contribution in [0.5, 0.6) is 0 Å². The molecule has 2 heterocycles. The van der Waals surface area contributed by atoms with Gasteiger partial charge in [0, 0.05) is 24.2 Å². The number of hydrogen-bond acceptors (Lipinski definition) is 2. The fourth-order valence-electron chi connectivity index (χ4n) is 3.41. The summed E-state index contributed by atoms with van der Waals surface area (Å²) in [6, 6.07) is 5.63. The number of carbonyl (C=O) groups is 1. The van der Waals surface area contributed by atoms with Crippen LogP contribution in [-0.2, 0) is 0 Å². The van der Waals surface area contributed by atoms with Crippen molar-refractivity contribution in [2.75, 3.05) is 25.0 Å². The van der Waals surface area contributed by atoms with Gasteiger partial charge in [-0.05, 0) is 56.3 Å². The number of halogens is 2. The number of hydrogen-bond donors (Lipinski definition) is 2. The molecule has 0 radical (unpaired) electrons. The molecule has 0 spiro atoms. The summed E-state index contributed by atoms with van der Waals surface area (Å²) in [4.78, 5) is 14.2. The summed E-state index contributed by atoms with van der Waals surface area (Å²) in [6.45, 7) is 2.73. The maximum absolute atomic E-state index is 12.4. The molecule has 2 N–H and O–H groups in total. The second-order valence-electron chi connectivity index (χ2n) is 6.08. The van der Waals surface area contributed by atoms with Crippen molar-refractivity contribution in [2.24, 2.45) is 5.92 Å². The molecule has 22 heavy (non-hydrogen) atoms. The van der Waals surface area contributed by atoms with Gasteiger partial charge in [0.25, 0.3) is 0 Å². The standard InChI is InChI=1S/C16H21Cl2N3O/c17-12-3-4-13(18)15(10-12)20-16(22)21-8-5-11(6-9-21)14-2-1-7-19-14/h3-4,10-11,14,19H,1-2,5-9H2,(H,20,22). The molecule has 2 aliphatic heterocycles. The van der Waals surface area contributed by atoms with Crippen LogP contribution in [0.4, 0.5) is 10.5 Å². The summed E-state index contributed by atoms with van der Waals surface area (Å²) in [5.74, 6) is 0.696. The van der Waals surface area contributed by atoms with Gasteiger partial charge in [-0.2, -0.15) is 0 Å².